The summed E-state index contributed by atoms with van der Waals surface area (Å²) in [7, 11) is -3.47. The lowest BCUT2D eigenvalue weighted by atomic mass is 9.45. The zero-order valence-electron chi connectivity index (χ0n) is 17.5. The van der Waals surface area contributed by atoms with Crippen LogP contribution in [0.5, 0.6) is 0 Å². The van der Waals surface area contributed by atoms with Gasteiger partial charge >= 0.3 is 0 Å². The van der Waals surface area contributed by atoms with Crippen molar-refractivity contribution >= 4 is 33.9 Å². The second kappa shape index (κ2) is 7.41. The van der Waals surface area contributed by atoms with Crippen LogP contribution in [0.4, 0.5) is 0 Å². The third-order valence-electron chi connectivity index (χ3n) is 7.56. The first-order chi connectivity index (χ1) is 13.6. The van der Waals surface area contributed by atoms with Crippen molar-refractivity contribution < 1.29 is 12.6 Å². The second-order valence-corrected chi connectivity index (χ2v) is 14.4. The Labute approximate surface area is 175 Å². The Morgan fingerprint density at radius 1 is 1.00 bits per heavy atom. The largest absolute Gasteiger partial charge is 0.270 e. The molecule has 0 spiro atoms. The predicted molar refractivity (Wildman–Crippen MR) is 124 cm³/mol. The minimum atomic E-state index is -3.47. The molecule has 0 heterocycles. The van der Waals surface area contributed by atoms with Crippen molar-refractivity contribution in [2.75, 3.05) is 12.9 Å². The summed E-state index contributed by atoms with van der Waals surface area (Å²) in [6, 6.07) is 21.3. The van der Waals surface area contributed by atoms with Crippen molar-refractivity contribution in [1.29, 1.82) is 0 Å². The quantitative estimate of drug-likeness (QED) is 0.512. The van der Waals surface area contributed by atoms with Gasteiger partial charge < -0.3 is 0 Å². The average Bonchev–Trinajstić information content (AvgIpc) is 2.72. The molecule has 2 aromatic rings. The molecule has 3 fully saturated rings. The van der Waals surface area contributed by atoms with Gasteiger partial charge in [0.15, 0.2) is 0 Å². The molecule has 0 amide bonds. The summed E-state index contributed by atoms with van der Waals surface area (Å²) < 4.78 is 29.1. The van der Waals surface area contributed by atoms with E-state index in [1.807, 2.05) is 12.1 Å². The van der Waals surface area contributed by atoms with Crippen LogP contribution < -0.4 is 10.6 Å². The van der Waals surface area contributed by atoms with E-state index in [0.29, 0.717) is 17.5 Å². The molecule has 0 N–H and O–H groups in total. The van der Waals surface area contributed by atoms with Crippen LogP contribution in [0.2, 0.25) is 0 Å². The van der Waals surface area contributed by atoms with Crippen molar-refractivity contribution in [2.45, 2.75) is 32.3 Å². The highest BCUT2D eigenvalue weighted by Gasteiger charge is 2.59. The smallest absolute Gasteiger partial charge is 0.264 e. The van der Waals surface area contributed by atoms with Gasteiger partial charge in [-0.25, -0.2) is 0 Å². The van der Waals surface area contributed by atoms with E-state index in [1.54, 1.807) is 0 Å². The molecule has 5 rings (SSSR count). The lowest BCUT2D eigenvalue weighted by Gasteiger charge is -2.64. The minimum Gasteiger partial charge on any atom is -0.270 e. The fourth-order valence-electron chi connectivity index (χ4n) is 5.77. The molecule has 2 aromatic carbocycles. The van der Waals surface area contributed by atoms with Crippen molar-refractivity contribution in [3.8, 4) is 0 Å². The molecule has 0 aliphatic heterocycles. The van der Waals surface area contributed by atoms with Crippen molar-refractivity contribution in [3.63, 3.8) is 0 Å². The molecule has 4 atom stereocenters. The summed E-state index contributed by atoms with van der Waals surface area (Å²) in [5, 5.41) is 2.58. The lowest BCUT2D eigenvalue weighted by Crippen LogP contribution is -2.59. The Balaban J connectivity index is 1.81. The molecule has 0 saturated heterocycles. The molecule has 3 aliphatic carbocycles. The number of hydrogen-bond acceptors (Lipinski definition) is 3. The molecule has 0 unspecified atom stereocenters. The fourth-order valence-corrected chi connectivity index (χ4v) is 10.2. The maximum Gasteiger partial charge on any atom is 0.264 e. The first-order valence-corrected chi connectivity index (χ1v) is 14.2. The number of hydrogen-bond donors (Lipinski definition) is 0. The molecule has 3 aliphatic rings. The molecular weight excluding hydrogens is 399 g/mol. The second-order valence-electron chi connectivity index (χ2n) is 9.36. The van der Waals surface area contributed by atoms with Crippen molar-refractivity contribution in [2.24, 2.45) is 23.2 Å². The first kappa shape index (κ1) is 20.9. The Morgan fingerprint density at radius 2 is 1.52 bits per heavy atom. The predicted octanol–water partition coefficient (Wildman–Crippen LogP) is 4.11. The van der Waals surface area contributed by atoms with Gasteiger partial charge in [-0.2, -0.15) is 8.42 Å². The Bertz CT molecular complexity index is 971. The van der Waals surface area contributed by atoms with Gasteiger partial charge in [0.25, 0.3) is 10.1 Å². The summed E-state index contributed by atoms with van der Waals surface area (Å²) in [6.07, 6.45) is 8.35. The van der Waals surface area contributed by atoms with Crippen molar-refractivity contribution in [1.82, 2.24) is 0 Å². The maximum absolute atomic E-state index is 11.8. The monoisotopic (exact) mass is 430 g/mol. The fraction of sp³-hybridized carbons (Fsp3) is 0.458. The Hall–Kier alpha value is -1.35. The zero-order chi connectivity index (χ0) is 20.9. The number of rotatable bonds is 6. The molecular formula is C24H31O3PS. The molecule has 3 nitrogen and oxygen atoms in total. The number of fused-ring (bicyclic) bond motifs is 2. The minimum absolute atomic E-state index is 0.191. The Morgan fingerprint density at radius 3 is 1.97 bits per heavy atom. The standard InChI is InChI=1S/C24H31O3PS/c1-24(2)18-15-22(24)21(17-27-29(4,25)26)23(16-18)28(3,19-11-7-5-8-12-19)20-13-9-6-10-14-20/h5-14,18,21-23H,3,15-17H2,1-2,4H3/t18-,21-,22+,23+/m1/s1. The van der Waals surface area contributed by atoms with Gasteiger partial charge in [0, 0.05) is 0 Å². The van der Waals surface area contributed by atoms with E-state index < -0.39 is 17.0 Å². The summed E-state index contributed by atoms with van der Waals surface area (Å²) in [6.45, 7) is 2.96. The van der Waals surface area contributed by atoms with Gasteiger partial charge in [0.05, 0.1) is 12.9 Å². The van der Waals surface area contributed by atoms with Crippen LogP contribution in [0.1, 0.15) is 26.7 Å². The van der Waals surface area contributed by atoms with Crippen LogP contribution in [0.3, 0.4) is 0 Å². The first-order valence-electron chi connectivity index (χ1n) is 10.3. The van der Waals surface area contributed by atoms with Gasteiger partial charge in [-0.15, -0.1) is 0 Å². The summed E-state index contributed by atoms with van der Waals surface area (Å²) >= 11 is 0. The highest BCUT2D eigenvalue weighted by molar-refractivity contribution is 7.88. The van der Waals surface area contributed by atoms with Crippen LogP contribution >= 0.6 is 6.89 Å². The summed E-state index contributed by atoms with van der Waals surface area (Å²) in [4.78, 5) is 0. The normalized spacial score (nSPS) is 28.5. The molecule has 156 valence electrons. The highest BCUT2D eigenvalue weighted by atomic mass is 32.2. The molecule has 0 radical (unpaired) electrons. The van der Waals surface area contributed by atoms with E-state index in [-0.39, 0.29) is 17.9 Å². The maximum atomic E-state index is 11.8. The van der Waals surface area contributed by atoms with Gasteiger partial charge in [0.2, 0.25) is 0 Å². The topological polar surface area (TPSA) is 43.4 Å². The van der Waals surface area contributed by atoms with E-state index in [2.05, 4.69) is 62.4 Å². The van der Waals surface area contributed by atoms with Crippen LogP contribution in [0.15, 0.2) is 60.7 Å². The third-order valence-corrected chi connectivity index (χ3v) is 12.3. The van der Waals surface area contributed by atoms with E-state index in [4.69, 9.17) is 10.5 Å². The molecule has 2 bridgehead atoms. The average molecular weight is 431 g/mol. The molecule has 0 aromatic heterocycles. The van der Waals surface area contributed by atoms with Gasteiger partial charge in [-0.3, -0.25) is 4.18 Å². The van der Waals surface area contributed by atoms with Crippen LogP contribution in [0, 0.1) is 23.2 Å². The van der Waals surface area contributed by atoms with Crippen LogP contribution in [-0.2, 0) is 14.3 Å². The highest BCUT2D eigenvalue weighted by Crippen LogP contribution is 2.68. The molecule has 3 saturated carbocycles. The molecule has 29 heavy (non-hydrogen) atoms. The summed E-state index contributed by atoms with van der Waals surface area (Å²) in [5.41, 5.74) is 0.561. The third kappa shape index (κ3) is 3.65. The Kier molecular flexibility index (Phi) is 5.34. The number of benzene rings is 2. The lowest BCUT2D eigenvalue weighted by molar-refractivity contribution is -0.110. The van der Waals surface area contributed by atoms with Crippen LogP contribution in [-0.4, -0.2) is 33.2 Å². The molecule has 5 heteroatoms. The van der Waals surface area contributed by atoms with Gasteiger partial charge in [-0.1, -0.05) is 87.7 Å². The van der Waals surface area contributed by atoms with E-state index in [1.165, 1.54) is 17.0 Å². The van der Waals surface area contributed by atoms with Gasteiger partial charge in [0.1, 0.15) is 0 Å². The SMILES string of the molecule is C=P(c1ccccc1)(c1ccccc1)[C@H]1C[C@H]2C[C@@H]([C@H]1COS(C)(=O)=O)C2(C)C. The summed E-state index contributed by atoms with van der Waals surface area (Å²) in [5.74, 6) is 1.33. The van der Waals surface area contributed by atoms with Crippen molar-refractivity contribution in [3.05, 3.63) is 60.7 Å². The van der Waals surface area contributed by atoms with E-state index in [0.717, 1.165) is 12.7 Å². The van der Waals surface area contributed by atoms with E-state index >= 15 is 0 Å². The van der Waals surface area contributed by atoms with E-state index in [9.17, 15) is 8.42 Å². The zero-order valence-corrected chi connectivity index (χ0v) is 19.2. The van der Waals surface area contributed by atoms with Crippen LogP contribution in [0.25, 0.3) is 0 Å². The van der Waals surface area contributed by atoms with Gasteiger partial charge in [-0.05, 0) is 52.3 Å².